The number of hydrogen-bond acceptors (Lipinski definition) is 3. The first-order valence-corrected chi connectivity index (χ1v) is 10.9. The average Bonchev–Trinajstić information content (AvgIpc) is 3.40. The van der Waals surface area contributed by atoms with Crippen molar-refractivity contribution in [2.75, 3.05) is 0 Å². The van der Waals surface area contributed by atoms with Gasteiger partial charge in [0.2, 0.25) is 15.9 Å². The minimum absolute atomic E-state index is 0.0695. The number of carbonyl (C=O) groups is 1. The van der Waals surface area contributed by atoms with Gasteiger partial charge in [0.05, 0.1) is 4.90 Å². The first-order valence-electron chi connectivity index (χ1n) is 9.06. The molecule has 8 heteroatoms. The molecule has 3 aromatic rings. The highest BCUT2D eigenvalue weighted by molar-refractivity contribution is 7.89. The molecule has 146 valence electrons. The third-order valence-corrected chi connectivity index (χ3v) is 6.50. The number of aromatic amines is 1. The van der Waals surface area contributed by atoms with E-state index in [-0.39, 0.29) is 23.3 Å². The van der Waals surface area contributed by atoms with Crippen LogP contribution in [0.25, 0.3) is 10.9 Å². The zero-order valence-electron chi connectivity index (χ0n) is 15.0. The van der Waals surface area contributed by atoms with Gasteiger partial charge in [0, 0.05) is 28.2 Å². The second-order valence-corrected chi connectivity index (χ2v) is 9.12. The lowest BCUT2D eigenvalue weighted by atomic mass is 10.1. The number of halogens is 1. The quantitative estimate of drug-likeness (QED) is 0.552. The Bertz CT molecular complexity index is 1110. The second kappa shape index (κ2) is 7.58. The van der Waals surface area contributed by atoms with Crippen molar-refractivity contribution in [1.29, 1.82) is 0 Å². The summed E-state index contributed by atoms with van der Waals surface area (Å²) in [6.07, 6.45) is 3.92. The predicted molar refractivity (Wildman–Crippen MR) is 109 cm³/mol. The third-order valence-electron chi connectivity index (χ3n) is 4.76. The minimum Gasteiger partial charge on any atom is -0.361 e. The molecule has 0 saturated heterocycles. The molecule has 28 heavy (non-hydrogen) atoms. The molecular weight excluding hydrogens is 398 g/mol. The molecule has 1 atom stereocenters. The monoisotopic (exact) mass is 417 g/mol. The minimum atomic E-state index is -3.87. The molecule has 1 heterocycles. The van der Waals surface area contributed by atoms with Gasteiger partial charge in [0.1, 0.15) is 6.04 Å². The second-order valence-electron chi connectivity index (χ2n) is 6.97. The van der Waals surface area contributed by atoms with Gasteiger partial charge in [-0.2, -0.15) is 4.72 Å². The van der Waals surface area contributed by atoms with E-state index < -0.39 is 16.1 Å². The van der Waals surface area contributed by atoms with Crippen LogP contribution in [0.4, 0.5) is 0 Å². The number of sulfonamides is 1. The van der Waals surface area contributed by atoms with Gasteiger partial charge in [0.15, 0.2) is 0 Å². The molecule has 1 saturated carbocycles. The molecule has 0 radical (unpaired) electrons. The van der Waals surface area contributed by atoms with Crippen molar-refractivity contribution in [2.45, 2.75) is 36.2 Å². The maximum absolute atomic E-state index is 12.8. The van der Waals surface area contributed by atoms with Crippen molar-refractivity contribution < 1.29 is 13.2 Å². The Morgan fingerprint density at radius 3 is 2.57 bits per heavy atom. The largest absolute Gasteiger partial charge is 0.361 e. The number of rotatable bonds is 7. The van der Waals surface area contributed by atoms with Crippen molar-refractivity contribution in [3.8, 4) is 0 Å². The highest BCUT2D eigenvalue weighted by Gasteiger charge is 2.31. The molecule has 1 amide bonds. The van der Waals surface area contributed by atoms with Crippen molar-refractivity contribution in [3.63, 3.8) is 0 Å². The van der Waals surface area contributed by atoms with Gasteiger partial charge in [-0.3, -0.25) is 4.79 Å². The fraction of sp³-hybridized carbons (Fsp3) is 0.250. The number of benzene rings is 2. The fourth-order valence-corrected chi connectivity index (χ4v) is 4.43. The van der Waals surface area contributed by atoms with Crippen LogP contribution in [0.15, 0.2) is 59.6 Å². The zero-order valence-corrected chi connectivity index (χ0v) is 16.6. The van der Waals surface area contributed by atoms with Crippen LogP contribution in [0.1, 0.15) is 18.4 Å². The van der Waals surface area contributed by atoms with E-state index in [1.54, 1.807) is 0 Å². The van der Waals surface area contributed by atoms with Gasteiger partial charge in [-0.25, -0.2) is 8.42 Å². The Morgan fingerprint density at radius 2 is 1.86 bits per heavy atom. The SMILES string of the molecule is O=C(NC1CC1)C(Cc1c[nH]c2ccccc12)NS(=O)(=O)c1ccc(Cl)cc1. The highest BCUT2D eigenvalue weighted by atomic mass is 35.5. The number of aromatic nitrogens is 1. The van der Waals surface area contributed by atoms with Crippen molar-refractivity contribution >= 4 is 38.4 Å². The van der Waals surface area contributed by atoms with Gasteiger partial charge in [-0.15, -0.1) is 0 Å². The van der Waals surface area contributed by atoms with E-state index in [0.29, 0.717) is 5.02 Å². The molecule has 0 bridgehead atoms. The van der Waals surface area contributed by atoms with Gasteiger partial charge in [-0.1, -0.05) is 29.8 Å². The van der Waals surface area contributed by atoms with Gasteiger partial charge < -0.3 is 10.3 Å². The molecule has 2 aromatic carbocycles. The van der Waals surface area contributed by atoms with Crippen LogP contribution in [0.5, 0.6) is 0 Å². The van der Waals surface area contributed by atoms with Crippen molar-refractivity contribution in [3.05, 3.63) is 65.3 Å². The normalized spacial score (nSPS) is 15.5. The first-order chi connectivity index (χ1) is 13.4. The molecule has 1 fully saturated rings. The third kappa shape index (κ3) is 4.22. The molecule has 3 N–H and O–H groups in total. The summed E-state index contributed by atoms with van der Waals surface area (Å²) < 4.78 is 28.2. The summed E-state index contributed by atoms with van der Waals surface area (Å²) in [5.41, 5.74) is 1.82. The molecule has 0 spiro atoms. The molecule has 6 nitrogen and oxygen atoms in total. The zero-order chi connectivity index (χ0) is 19.7. The lowest BCUT2D eigenvalue weighted by Gasteiger charge is -2.18. The van der Waals surface area contributed by atoms with E-state index in [4.69, 9.17) is 11.6 Å². The first kappa shape index (κ1) is 19.0. The van der Waals surface area contributed by atoms with Crippen LogP contribution in [-0.4, -0.2) is 31.4 Å². The molecular formula is C20H20ClN3O3S. The van der Waals surface area contributed by atoms with Crippen LogP contribution >= 0.6 is 11.6 Å². The van der Waals surface area contributed by atoms with E-state index in [1.165, 1.54) is 24.3 Å². The van der Waals surface area contributed by atoms with Gasteiger partial charge in [0.25, 0.3) is 0 Å². The Kier molecular flexibility index (Phi) is 5.14. The van der Waals surface area contributed by atoms with Crippen LogP contribution in [-0.2, 0) is 21.2 Å². The number of nitrogens with one attached hydrogen (secondary N) is 3. The molecule has 4 rings (SSSR count). The summed E-state index contributed by atoms with van der Waals surface area (Å²) >= 11 is 5.85. The lowest BCUT2D eigenvalue weighted by molar-refractivity contribution is -0.122. The molecule has 1 aromatic heterocycles. The summed E-state index contributed by atoms with van der Waals surface area (Å²) in [6, 6.07) is 12.8. The Morgan fingerprint density at radius 1 is 1.14 bits per heavy atom. The number of amides is 1. The van der Waals surface area contributed by atoms with Crippen LogP contribution in [0, 0.1) is 0 Å². The fourth-order valence-electron chi connectivity index (χ4n) is 3.11. The van der Waals surface area contributed by atoms with Crippen molar-refractivity contribution in [1.82, 2.24) is 15.0 Å². The average molecular weight is 418 g/mol. The van der Waals surface area contributed by atoms with E-state index in [1.807, 2.05) is 30.5 Å². The summed E-state index contributed by atoms with van der Waals surface area (Å²) in [5, 5.41) is 4.32. The maximum Gasteiger partial charge on any atom is 0.241 e. The number of para-hydroxylation sites is 1. The topological polar surface area (TPSA) is 91.1 Å². The highest BCUT2D eigenvalue weighted by Crippen LogP contribution is 2.22. The van der Waals surface area contributed by atoms with Crippen LogP contribution in [0.3, 0.4) is 0 Å². The van der Waals surface area contributed by atoms with E-state index in [9.17, 15) is 13.2 Å². The summed E-state index contributed by atoms with van der Waals surface area (Å²) in [5.74, 6) is -0.315. The van der Waals surface area contributed by atoms with Crippen molar-refractivity contribution in [2.24, 2.45) is 0 Å². The van der Waals surface area contributed by atoms with Gasteiger partial charge >= 0.3 is 0 Å². The summed E-state index contributed by atoms with van der Waals surface area (Å²) in [7, 11) is -3.87. The number of fused-ring (bicyclic) bond motifs is 1. The maximum atomic E-state index is 12.8. The summed E-state index contributed by atoms with van der Waals surface area (Å²) in [4.78, 5) is 16.0. The standard InChI is InChI=1S/C20H20ClN3O3S/c21-14-5-9-16(10-6-14)28(26,27)24-19(20(25)23-15-7-8-15)11-13-12-22-18-4-2-1-3-17(13)18/h1-6,9-10,12,15,19,22,24H,7-8,11H2,(H,23,25). The van der Waals surface area contributed by atoms with E-state index in [0.717, 1.165) is 29.3 Å². The lowest BCUT2D eigenvalue weighted by Crippen LogP contribution is -2.48. The smallest absolute Gasteiger partial charge is 0.241 e. The molecule has 1 aliphatic rings. The molecule has 1 aliphatic carbocycles. The predicted octanol–water partition coefficient (Wildman–Crippen LogP) is 2.99. The number of carbonyl (C=O) groups excluding carboxylic acids is 1. The van der Waals surface area contributed by atoms with E-state index >= 15 is 0 Å². The Balaban J connectivity index is 1.61. The van der Waals surface area contributed by atoms with Gasteiger partial charge in [-0.05, 0) is 55.2 Å². The molecule has 0 aliphatic heterocycles. The Labute approximate surface area is 168 Å². The van der Waals surface area contributed by atoms with Crippen LogP contribution in [0.2, 0.25) is 5.02 Å². The summed E-state index contributed by atoms with van der Waals surface area (Å²) in [6.45, 7) is 0. The van der Waals surface area contributed by atoms with Crippen LogP contribution < -0.4 is 10.0 Å². The molecule has 1 unspecified atom stereocenters. The Hall–Kier alpha value is -2.35. The number of H-pyrrole nitrogens is 1. The number of hydrogen-bond donors (Lipinski definition) is 3. The van der Waals surface area contributed by atoms with E-state index in [2.05, 4.69) is 15.0 Å².